The van der Waals surface area contributed by atoms with E-state index in [1.807, 2.05) is 12.2 Å². The van der Waals surface area contributed by atoms with Crippen LogP contribution in [-0.4, -0.2) is 35.1 Å². The lowest BCUT2D eigenvalue weighted by Crippen LogP contribution is -2.32. The average Bonchev–Trinajstić information content (AvgIpc) is 3.51. The van der Waals surface area contributed by atoms with Crippen LogP contribution in [0.5, 0.6) is 0 Å². The van der Waals surface area contributed by atoms with Gasteiger partial charge in [0.25, 0.3) is 5.69 Å². The first-order valence-electron chi connectivity index (χ1n) is 10.5. The van der Waals surface area contributed by atoms with E-state index >= 15 is 0 Å². The van der Waals surface area contributed by atoms with Gasteiger partial charge in [0, 0.05) is 17.7 Å². The minimum atomic E-state index is -0.765. The highest BCUT2D eigenvalue weighted by Crippen LogP contribution is 2.53. The van der Waals surface area contributed by atoms with Crippen molar-refractivity contribution in [2.45, 2.75) is 6.42 Å². The molecule has 0 spiro atoms. The highest BCUT2D eigenvalue weighted by atomic mass is 16.6. The number of hydrogen-bond donors (Lipinski definition) is 0. The van der Waals surface area contributed by atoms with Gasteiger partial charge in [0.1, 0.15) is 0 Å². The van der Waals surface area contributed by atoms with Crippen molar-refractivity contribution in [3.05, 3.63) is 81.9 Å². The number of ketones is 1. The Balaban J connectivity index is 1.24. The number of rotatable bonds is 6. The smallest absolute Gasteiger partial charge is 0.338 e. The summed E-state index contributed by atoms with van der Waals surface area (Å²) in [7, 11) is 0. The fourth-order valence-corrected chi connectivity index (χ4v) is 4.99. The van der Waals surface area contributed by atoms with Crippen LogP contribution < -0.4 is 4.90 Å². The highest BCUT2D eigenvalue weighted by molar-refractivity contribution is 6.22. The molecule has 0 unspecified atom stereocenters. The molecule has 0 N–H and O–H groups in total. The Morgan fingerprint density at radius 3 is 2.21 bits per heavy atom. The molecular formula is C24H18N2O7. The number of carbonyl (C=O) groups excluding carboxylic acids is 4. The summed E-state index contributed by atoms with van der Waals surface area (Å²) in [5, 5.41) is 10.8. The Bertz CT molecular complexity index is 1200. The summed E-state index contributed by atoms with van der Waals surface area (Å²) < 4.78 is 5.04. The second-order valence-electron chi connectivity index (χ2n) is 8.37. The first kappa shape index (κ1) is 20.7. The number of nitrogens with zero attached hydrogens (tertiary/aromatic N) is 2. The first-order chi connectivity index (χ1) is 15.8. The number of allylic oxidation sites excluding steroid dienone is 2. The van der Waals surface area contributed by atoms with Crippen LogP contribution in [0.1, 0.15) is 27.1 Å². The zero-order valence-corrected chi connectivity index (χ0v) is 17.2. The molecule has 166 valence electrons. The van der Waals surface area contributed by atoms with E-state index in [9.17, 15) is 29.3 Å². The molecule has 2 fully saturated rings. The molecule has 2 amide bonds. The summed E-state index contributed by atoms with van der Waals surface area (Å²) in [6.07, 6.45) is 4.89. The Kier molecular flexibility index (Phi) is 4.88. The molecule has 2 aromatic rings. The van der Waals surface area contributed by atoms with Gasteiger partial charge in [-0.25, -0.2) is 4.79 Å². The maximum atomic E-state index is 12.9. The molecule has 0 radical (unpaired) electrons. The Labute approximate surface area is 187 Å². The lowest BCUT2D eigenvalue weighted by molar-refractivity contribution is -0.384. The first-order valence-corrected chi connectivity index (χ1v) is 10.5. The van der Waals surface area contributed by atoms with Gasteiger partial charge in [0.2, 0.25) is 17.6 Å². The summed E-state index contributed by atoms with van der Waals surface area (Å²) in [6, 6.07) is 11.0. The summed E-state index contributed by atoms with van der Waals surface area (Å²) in [5.41, 5.74) is 0.365. The summed E-state index contributed by atoms with van der Waals surface area (Å²) >= 11 is 0. The molecule has 9 heteroatoms. The van der Waals surface area contributed by atoms with Gasteiger partial charge >= 0.3 is 5.97 Å². The highest BCUT2D eigenvalue weighted by Gasteiger charge is 2.59. The number of non-ortho nitro benzene ring substituents is 1. The van der Waals surface area contributed by atoms with Gasteiger partial charge in [-0.2, -0.15) is 0 Å². The molecule has 1 saturated carbocycles. The lowest BCUT2D eigenvalue weighted by Gasteiger charge is -2.17. The van der Waals surface area contributed by atoms with E-state index < -0.39 is 23.3 Å². The molecule has 3 aliphatic rings. The number of nitro benzene ring substituents is 1. The fourth-order valence-electron chi connectivity index (χ4n) is 4.99. The molecule has 2 aliphatic carbocycles. The Hall–Kier alpha value is -4.14. The zero-order valence-electron chi connectivity index (χ0n) is 17.2. The van der Waals surface area contributed by atoms with Crippen molar-refractivity contribution in [2.75, 3.05) is 11.5 Å². The molecule has 0 aromatic heterocycles. The molecule has 9 nitrogen and oxygen atoms in total. The molecule has 33 heavy (non-hydrogen) atoms. The predicted octanol–water partition coefficient (Wildman–Crippen LogP) is 2.95. The van der Waals surface area contributed by atoms with Crippen molar-refractivity contribution in [1.29, 1.82) is 0 Å². The molecule has 2 aromatic carbocycles. The van der Waals surface area contributed by atoms with E-state index in [-0.39, 0.29) is 52.3 Å². The Morgan fingerprint density at radius 2 is 1.61 bits per heavy atom. The monoisotopic (exact) mass is 446 g/mol. The second-order valence-corrected chi connectivity index (χ2v) is 8.37. The number of benzene rings is 2. The number of imide groups is 1. The zero-order chi connectivity index (χ0) is 23.3. The molecule has 4 atom stereocenters. The fraction of sp³-hybridized carbons (Fsp3) is 0.250. The van der Waals surface area contributed by atoms with Gasteiger partial charge < -0.3 is 4.74 Å². The summed E-state index contributed by atoms with van der Waals surface area (Å²) in [4.78, 5) is 61.7. The van der Waals surface area contributed by atoms with Crippen LogP contribution >= 0.6 is 0 Å². The van der Waals surface area contributed by atoms with Crippen molar-refractivity contribution < 1.29 is 28.8 Å². The van der Waals surface area contributed by atoms with Crippen molar-refractivity contribution in [1.82, 2.24) is 0 Å². The third-order valence-electron chi connectivity index (χ3n) is 6.54. The van der Waals surface area contributed by atoms with Crippen LogP contribution in [-0.2, 0) is 14.3 Å². The van der Waals surface area contributed by atoms with E-state index in [0.717, 1.165) is 12.5 Å². The van der Waals surface area contributed by atoms with E-state index in [1.165, 1.54) is 47.4 Å². The topological polar surface area (TPSA) is 124 Å². The molecule has 2 bridgehead atoms. The predicted molar refractivity (Wildman–Crippen MR) is 114 cm³/mol. The number of anilines is 1. The van der Waals surface area contributed by atoms with Gasteiger partial charge in [-0.05, 0) is 42.5 Å². The number of nitro groups is 1. The largest absolute Gasteiger partial charge is 0.454 e. The number of hydrogen-bond acceptors (Lipinski definition) is 7. The van der Waals surface area contributed by atoms with E-state index in [2.05, 4.69) is 0 Å². The third kappa shape index (κ3) is 3.42. The third-order valence-corrected chi connectivity index (χ3v) is 6.54. The molecule has 1 aliphatic heterocycles. The van der Waals surface area contributed by atoms with Crippen LogP contribution in [0.4, 0.5) is 11.4 Å². The maximum Gasteiger partial charge on any atom is 0.338 e. The molecule has 1 heterocycles. The molecule has 5 rings (SSSR count). The van der Waals surface area contributed by atoms with Crippen molar-refractivity contribution in [2.24, 2.45) is 23.7 Å². The van der Waals surface area contributed by atoms with Crippen LogP contribution in [0.3, 0.4) is 0 Å². The quantitative estimate of drug-likeness (QED) is 0.167. The Morgan fingerprint density at radius 1 is 0.970 bits per heavy atom. The van der Waals surface area contributed by atoms with E-state index in [1.54, 1.807) is 0 Å². The van der Waals surface area contributed by atoms with Gasteiger partial charge in [0.15, 0.2) is 6.61 Å². The average molecular weight is 446 g/mol. The van der Waals surface area contributed by atoms with E-state index in [4.69, 9.17) is 4.74 Å². The van der Waals surface area contributed by atoms with E-state index in [0.29, 0.717) is 5.69 Å². The lowest BCUT2D eigenvalue weighted by atomic mass is 9.85. The summed E-state index contributed by atoms with van der Waals surface area (Å²) in [6.45, 7) is -0.579. The number of esters is 1. The van der Waals surface area contributed by atoms with Crippen LogP contribution in [0.25, 0.3) is 0 Å². The van der Waals surface area contributed by atoms with Gasteiger partial charge in [-0.3, -0.25) is 29.4 Å². The normalized spacial score (nSPS) is 24.8. The number of fused-ring (bicyclic) bond motifs is 5. The number of ether oxygens (including phenoxy) is 1. The van der Waals surface area contributed by atoms with Crippen molar-refractivity contribution in [3.63, 3.8) is 0 Å². The molecule has 1 saturated heterocycles. The van der Waals surface area contributed by atoms with Gasteiger partial charge in [-0.15, -0.1) is 0 Å². The minimum absolute atomic E-state index is 0.0624. The van der Waals surface area contributed by atoms with Gasteiger partial charge in [0.05, 0.1) is 28.0 Å². The van der Waals surface area contributed by atoms with Crippen LogP contribution in [0.15, 0.2) is 60.7 Å². The maximum absolute atomic E-state index is 12.9. The number of amides is 2. The van der Waals surface area contributed by atoms with Crippen molar-refractivity contribution >= 4 is 34.9 Å². The second kappa shape index (κ2) is 7.77. The minimum Gasteiger partial charge on any atom is -0.454 e. The number of carbonyl (C=O) groups is 4. The van der Waals surface area contributed by atoms with Gasteiger partial charge in [-0.1, -0.05) is 24.3 Å². The van der Waals surface area contributed by atoms with Crippen LogP contribution in [0.2, 0.25) is 0 Å². The van der Waals surface area contributed by atoms with Crippen LogP contribution in [0, 0.1) is 33.8 Å². The SMILES string of the molecule is O=C(COC(=O)c1ccc(N2C(=O)[C@@H]3[C@@H](C2=O)[C@H]2C=C[C@H]3C2)cc1)c1cccc([N+](=O)[O-])c1. The number of Topliss-reactive ketones (excluding diaryl/α,β-unsaturated/α-hetero) is 1. The standard InChI is InChI=1S/C24H18N2O7/c27-19(14-2-1-3-18(11-14)26(31)32)12-33-24(30)13-6-8-17(9-7-13)25-22(28)20-15-4-5-16(10-15)21(20)23(25)29/h1-9,11,15-16,20-21H,10,12H2/t15-,16-,20-,21-/m0/s1. The summed E-state index contributed by atoms with van der Waals surface area (Å²) in [5.74, 6) is -2.16. The molecular weight excluding hydrogens is 428 g/mol. The van der Waals surface area contributed by atoms with Crippen molar-refractivity contribution in [3.8, 4) is 0 Å².